The highest BCUT2D eigenvalue weighted by Crippen LogP contribution is 2.69. The molecule has 0 aliphatic heterocycles. The van der Waals surface area contributed by atoms with Gasteiger partial charge in [-0.3, -0.25) is 14.4 Å². The van der Waals surface area contributed by atoms with E-state index in [1.54, 1.807) is 12.2 Å². The van der Waals surface area contributed by atoms with Gasteiger partial charge in [-0.05, 0) is 79.6 Å². The predicted molar refractivity (Wildman–Crippen MR) is 143 cm³/mol. The van der Waals surface area contributed by atoms with Gasteiger partial charge in [0, 0.05) is 22.3 Å². The number of fused-ring (bicyclic) bond motifs is 7. The second-order valence-electron chi connectivity index (χ2n) is 15.1. The molecule has 0 heterocycles. The molecule has 0 radical (unpaired) electrons. The van der Waals surface area contributed by atoms with Crippen LogP contribution in [0.15, 0.2) is 23.3 Å². The van der Waals surface area contributed by atoms with Crippen LogP contribution in [0.2, 0.25) is 0 Å². The summed E-state index contributed by atoms with van der Waals surface area (Å²) in [5.74, 6) is -1.92. The van der Waals surface area contributed by atoms with E-state index < -0.39 is 40.8 Å². The monoisotopic (exact) mass is 558 g/mol. The van der Waals surface area contributed by atoms with Crippen LogP contribution < -0.4 is 5.32 Å². The summed E-state index contributed by atoms with van der Waals surface area (Å²) in [4.78, 5) is 40.0. The normalized spacial score (nSPS) is 41.7. The topological polar surface area (TPSA) is 87.0 Å². The highest BCUT2D eigenvalue weighted by Gasteiger charge is 2.66. The van der Waals surface area contributed by atoms with E-state index in [0.29, 0.717) is 25.7 Å². The molecule has 5 nitrogen and oxygen atoms in total. The quantitative estimate of drug-likeness (QED) is 0.412. The van der Waals surface area contributed by atoms with Gasteiger partial charge in [-0.15, -0.1) is 0 Å². The maximum absolute atomic E-state index is 14.2. The van der Waals surface area contributed by atoms with E-state index in [1.165, 1.54) is 0 Å². The van der Waals surface area contributed by atoms with Crippen LogP contribution >= 0.6 is 0 Å². The van der Waals surface area contributed by atoms with E-state index >= 15 is 0 Å². The Bertz CT molecular complexity index is 1270. The van der Waals surface area contributed by atoms with Crippen LogP contribution in [-0.4, -0.2) is 29.2 Å². The Hall–Kier alpha value is -2.43. The number of Topliss-reactive ketones (excluding diaryl/α,β-unsaturated/α-hetero) is 1. The van der Waals surface area contributed by atoms with E-state index in [4.69, 9.17) is 0 Å². The van der Waals surface area contributed by atoms with Crippen LogP contribution in [0, 0.1) is 56.7 Å². The first-order valence-electron chi connectivity index (χ1n) is 14.6. The van der Waals surface area contributed by atoms with Crippen LogP contribution in [0.25, 0.3) is 0 Å². The molecular formula is C32H41F3N2O3. The van der Waals surface area contributed by atoms with Crippen molar-refractivity contribution in [3.05, 3.63) is 23.3 Å². The summed E-state index contributed by atoms with van der Waals surface area (Å²) < 4.78 is 39.3. The van der Waals surface area contributed by atoms with E-state index in [-0.39, 0.29) is 45.7 Å². The molecule has 0 saturated heterocycles. The molecule has 5 aliphatic rings. The van der Waals surface area contributed by atoms with Gasteiger partial charge in [0.25, 0.3) is 0 Å². The van der Waals surface area contributed by atoms with E-state index in [0.717, 1.165) is 24.8 Å². The van der Waals surface area contributed by atoms with Gasteiger partial charge in [0.2, 0.25) is 5.91 Å². The zero-order chi connectivity index (χ0) is 29.7. The molecule has 3 saturated carbocycles. The van der Waals surface area contributed by atoms with E-state index in [2.05, 4.69) is 39.1 Å². The van der Waals surface area contributed by atoms with Gasteiger partial charge in [0.1, 0.15) is 12.5 Å². The predicted octanol–water partition coefficient (Wildman–Crippen LogP) is 6.64. The fourth-order valence-electron chi connectivity index (χ4n) is 9.99. The third-order valence-electron chi connectivity index (χ3n) is 11.8. The Morgan fingerprint density at radius 1 is 1.02 bits per heavy atom. The molecule has 1 N–H and O–H groups in total. The molecule has 0 aromatic carbocycles. The second-order valence-corrected chi connectivity index (χ2v) is 15.1. The fraction of sp³-hybridized carbons (Fsp3) is 0.750. The van der Waals surface area contributed by atoms with Gasteiger partial charge in [-0.25, -0.2) is 0 Å². The molecule has 40 heavy (non-hydrogen) atoms. The van der Waals surface area contributed by atoms with Crippen molar-refractivity contribution in [2.45, 2.75) is 105 Å². The summed E-state index contributed by atoms with van der Waals surface area (Å²) in [6, 6.07) is 2.11. The molecule has 0 bridgehead atoms. The minimum Gasteiger partial charge on any atom is -0.350 e. The van der Waals surface area contributed by atoms with Gasteiger partial charge in [-0.1, -0.05) is 53.2 Å². The third-order valence-corrected chi connectivity index (χ3v) is 11.8. The number of hydrogen-bond acceptors (Lipinski definition) is 4. The lowest BCUT2D eigenvalue weighted by molar-refractivity contribution is -0.161. The van der Waals surface area contributed by atoms with Crippen LogP contribution in [0.4, 0.5) is 13.2 Å². The minimum absolute atomic E-state index is 0.0241. The number of nitrogens with one attached hydrogen (secondary N) is 1. The average Bonchev–Trinajstić information content (AvgIpc) is 2.81. The number of hydrogen-bond donors (Lipinski definition) is 1. The molecule has 3 fully saturated rings. The molecule has 8 heteroatoms. The summed E-state index contributed by atoms with van der Waals surface area (Å²) in [6.07, 6.45) is 2.18. The number of alkyl halides is 3. The van der Waals surface area contributed by atoms with Crippen LogP contribution in [-0.2, 0) is 14.4 Å². The summed E-state index contributed by atoms with van der Waals surface area (Å²) in [6.45, 7) is 12.3. The van der Waals surface area contributed by atoms with Crippen molar-refractivity contribution in [2.24, 2.45) is 45.3 Å². The van der Waals surface area contributed by atoms with Gasteiger partial charge in [0.05, 0.1) is 5.57 Å². The van der Waals surface area contributed by atoms with Crippen molar-refractivity contribution < 1.29 is 27.6 Å². The summed E-state index contributed by atoms with van der Waals surface area (Å²) >= 11 is 0. The van der Waals surface area contributed by atoms with Crippen molar-refractivity contribution in [2.75, 3.05) is 0 Å². The Kier molecular flexibility index (Phi) is 6.39. The molecule has 0 aromatic heterocycles. The first-order chi connectivity index (χ1) is 18.3. The van der Waals surface area contributed by atoms with Gasteiger partial charge < -0.3 is 5.32 Å². The summed E-state index contributed by atoms with van der Waals surface area (Å²) in [5.41, 5.74) is -1.53. The number of rotatable bonds is 2. The maximum Gasteiger partial charge on any atom is 0.397 e. The SMILES string of the molecule is CC1(C)CCC2(NC(=O)CC(F)(F)F)CCC3C(C(=O)C=C4C5(C)C=C(C#N)C(=O)C(C)(C)C5CCC43C)C2C1. The molecule has 1 amide bonds. The minimum atomic E-state index is -4.59. The number of allylic oxidation sites excluding steroid dienone is 4. The molecular weight excluding hydrogens is 517 g/mol. The molecule has 7 atom stereocenters. The summed E-state index contributed by atoms with van der Waals surface area (Å²) in [7, 11) is 0. The Morgan fingerprint density at radius 2 is 1.70 bits per heavy atom. The first-order valence-corrected chi connectivity index (χ1v) is 14.6. The van der Waals surface area contributed by atoms with Crippen LogP contribution in [0.3, 0.4) is 0 Å². The van der Waals surface area contributed by atoms with E-state index in [9.17, 15) is 32.8 Å². The zero-order valence-electron chi connectivity index (χ0n) is 24.4. The largest absolute Gasteiger partial charge is 0.397 e. The van der Waals surface area contributed by atoms with Crippen molar-refractivity contribution >= 4 is 17.5 Å². The fourth-order valence-corrected chi connectivity index (χ4v) is 9.99. The van der Waals surface area contributed by atoms with Crippen LogP contribution in [0.1, 0.15) is 92.9 Å². The number of ketones is 2. The number of carbonyl (C=O) groups excluding carboxylic acids is 3. The Balaban J connectivity index is 1.59. The lowest BCUT2D eigenvalue weighted by Crippen LogP contribution is -2.66. The van der Waals surface area contributed by atoms with Crippen molar-refractivity contribution in [1.29, 1.82) is 5.26 Å². The van der Waals surface area contributed by atoms with Crippen LogP contribution in [0.5, 0.6) is 0 Å². The molecule has 5 rings (SSSR count). The van der Waals surface area contributed by atoms with Crippen molar-refractivity contribution in [1.82, 2.24) is 5.32 Å². The number of nitriles is 1. The maximum atomic E-state index is 14.2. The molecule has 7 unspecified atom stereocenters. The number of amides is 1. The third kappa shape index (κ3) is 4.20. The number of nitrogens with zero attached hydrogens (tertiary/aromatic N) is 1. The lowest BCUT2D eigenvalue weighted by atomic mass is 9.39. The first kappa shape index (κ1) is 29.1. The lowest BCUT2D eigenvalue weighted by Gasteiger charge is -2.65. The number of halogens is 3. The Labute approximate surface area is 235 Å². The van der Waals surface area contributed by atoms with Crippen molar-refractivity contribution in [3.63, 3.8) is 0 Å². The van der Waals surface area contributed by atoms with Gasteiger partial charge in [-0.2, -0.15) is 18.4 Å². The number of carbonyl (C=O) groups is 3. The average molecular weight is 559 g/mol. The van der Waals surface area contributed by atoms with Gasteiger partial charge in [0.15, 0.2) is 11.6 Å². The molecule has 0 spiro atoms. The van der Waals surface area contributed by atoms with Crippen molar-refractivity contribution in [3.8, 4) is 6.07 Å². The highest BCUT2D eigenvalue weighted by molar-refractivity contribution is 6.04. The molecule has 0 aromatic rings. The zero-order valence-corrected chi connectivity index (χ0v) is 24.4. The standard InChI is InChI=1S/C32H41F3N2O3/c1-27(2)11-12-31(37-24(39)16-32(33,34)35)10-7-19-25(20(31)15-27)21(38)13-23-29(19,5)9-8-22-28(3,4)26(40)18(17-36)14-30(22,23)6/h13-14,19-20,22,25H,7-12,15-16H2,1-6H3,(H,37,39). The van der Waals surface area contributed by atoms with Gasteiger partial charge >= 0.3 is 6.18 Å². The molecule has 5 aliphatic carbocycles. The Morgan fingerprint density at radius 3 is 2.33 bits per heavy atom. The van der Waals surface area contributed by atoms with E-state index in [1.807, 2.05) is 13.8 Å². The summed E-state index contributed by atoms with van der Waals surface area (Å²) in [5, 5.41) is 12.7. The molecule has 218 valence electrons. The highest BCUT2D eigenvalue weighted by atomic mass is 19.4. The second kappa shape index (κ2) is 8.79. The smallest absolute Gasteiger partial charge is 0.350 e.